The third-order valence-electron chi connectivity index (χ3n) is 5.89. The fraction of sp³-hybridized carbons (Fsp3) is 0.826. The Morgan fingerprint density at radius 2 is 1.65 bits per heavy atom. The molecule has 0 nitrogen and oxygen atoms in total. The first-order valence-corrected chi connectivity index (χ1v) is 10.5. The molecule has 0 heteroatoms. The summed E-state index contributed by atoms with van der Waals surface area (Å²) in [5.74, 6) is 1.80. The maximum absolute atomic E-state index is 2.45. The van der Waals surface area contributed by atoms with Gasteiger partial charge in [0.2, 0.25) is 0 Å². The predicted molar refractivity (Wildman–Crippen MR) is 106 cm³/mol. The Balaban J connectivity index is 2.99. The molecule has 0 aliphatic heterocycles. The fourth-order valence-corrected chi connectivity index (χ4v) is 5.16. The van der Waals surface area contributed by atoms with E-state index in [4.69, 9.17) is 0 Å². The van der Waals surface area contributed by atoms with Gasteiger partial charge in [-0.2, -0.15) is 0 Å². The van der Waals surface area contributed by atoms with Crippen molar-refractivity contribution < 1.29 is 0 Å². The lowest BCUT2D eigenvalue weighted by atomic mass is 9.59. The zero-order valence-electron chi connectivity index (χ0n) is 16.7. The van der Waals surface area contributed by atoms with Gasteiger partial charge in [-0.15, -0.1) is 0 Å². The number of hydrogen-bond acceptors (Lipinski definition) is 0. The second-order valence-corrected chi connectivity index (χ2v) is 7.93. The average molecular weight is 319 g/mol. The van der Waals surface area contributed by atoms with Crippen molar-refractivity contribution in [3.8, 4) is 0 Å². The summed E-state index contributed by atoms with van der Waals surface area (Å²) in [6.45, 7) is 11.7. The van der Waals surface area contributed by atoms with E-state index in [1.54, 1.807) is 5.57 Å². The van der Waals surface area contributed by atoms with Gasteiger partial charge in [0.1, 0.15) is 0 Å². The van der Waals surface area contributed by atoms with Crippen LogP contribution in [0.15, 0.2) is 23.8 Å². The number of hydrogen-bond donors (Lipinski definition) is 0. The van der Waals surface area contributed by atoms with Gasteiger partial charge >= 0.3 is 0 Å². The van der Waals surface area contributed by atoms with E-state index in [-0.39, 0.29) is 0 Å². The van der Waals surface area contributed by atoms with Crippen molar-refractivity contribution in [1.29, 1.82) is 0 Å². The highest BCUT2D eigenvalue weighted by Crippen LogP contribution is 2.51. The zero-order valence-corrected chi connectivity index (χ0v) is 16.7. The molecule has 0 aromatic heterocycles. The van der Waals surface area contributed by atoms with Crippen LogP contribution in [0.25, 0.3) is 0 Å². The molecule has 2 atom stereocenters. The van der Waals surface area contributed by atoms with Crippen LogP contribution in [0.4, 0.5) is 0 Å². The molecule has 134 valence electrons. The monoisotopic (exact) mass is 318 g/mol. The molecular weight excluding hydrogens is 276 g/mol. The normalized spacial score (nSPS) is 25.2. The van der Waals surface area contributed by atoms with Gasteiger partial charge in [0.15, 0.2) is 0 Å². The molecule has 0 heterocycles. The van der Waals surface area contributed by atoms with Crippen LogP contribution in [0.3, 0.4) is 0 Å². The molecule has 0 spiro atoms. The maximum Gasteiger partial charge on any atom is -0.0192 e. The maximum atomic E-state index is 2.45. The summed E-state index contributed by atoms with van der Waals surface area (Å²) in [4.78, 5) is 0. The molecule has 0 bridgehead atoms. The summed E-state index contributed by atoms with van der Waals surface area (Å²) in [5.41, 5.74) is 2.35. The van der Waals surface area contributed by atoms with E-state index < -0.39 is 0 Å². The molecule has 1 rings (SSSR count). The van der Waals surface area contributed by atoms with Gasteiger partial charge in [-0.3, -0.25) is 0 Å². The highest BCUT2D eigenvalue weighted by atomic mass is 14.4. The lowest BCUT2D eigenvalue weighted by molar-refractivity contribution is 0.0765. The Kier molecular flexibility index (Phi) is 9.91. The van der Waals surface area contributed by atoms with Crippen LogP contribution in [0.2, 0.25) is 0 Å². The molecule has 1 fully saturated rings. The summed E-state index contributed by atoms with van der Waals surface area (Å²) in [5, 5.41) is 0. The minimum Gasteiger partial charge on any atom is -0.0848 e. The minimum absolute atomic E-state index is 0.634. The molecule has 0 N–H and O–H groups in total. The van der Waals surface area contributed by atoms with Gasteiger partial charge < -0.3 is 0 Å². The van der Waals surface area contributed by atoms with Gasteiger partial charge in [0.25, 0.3) is 0 Å². The van der Waals surface area contributed by atoms with E-state index in [9.17, 15) is 0 Å². The lowest BCUT2D eigenvalue weighted by Crippen LogP contribution is -2.34. The van der Waals surface area contributed by atoms with Crippen LogP contribution in [0.5, 0.6) is 0 Å². The number of allylic oxidation sites excluding steroid dienone is 4. The van der Waals surface area contributed by atoms with Crippen molar-refractivity contribution in [1.82, 2.24) is 0 Å². The summed E-state index contributed by atoms with van der Waals surface area (Å²) in [6.07, 6.45) is 22.2. The Morgan fingerprint density at radius 1 is 0.957 bits per heavy atom. The second kappa shape index (κ2) is 11.1. The van der Waals surface area contributed by atoms with Crippen molar-refractivity contribution in [3.05, 3.63) is 23.8 Å². The predicted octanol–water partition coefficient (Wildman–Crippen LogP) is 8.09. The van der Waals surface area contributed by atoms with Crippen molar-refractivity contribution in [3.63, 3.8) is 0 Å². The van der Waals surface area contributed by atoms with Crippen LogP contribution in [-0.4, -0.2) is 0 Å². The quantitative estimate of drug-likeness (QED) is 0.357. The third kappa shape index (κ3) is 6.48. The summed E-state index contributed by atoms with van der Waals surface area (Å²) >= 11 is 0. The number of rotatable bonds is 10. The SMILES string of the molecule is CC/C=C\C=C(/CC)C1CC(CCC)CC(CCC)(CCC)C1. The van der Waals surface area contributed by atoms with Crippen molar-refractivity contribution in [2.45, 2.75) is 105 Å². The highest BCUT2D eigenvalue weighted by Gasteiger charge is 2.39. The first-order chi connectivity index (χ1) is 11.1. The standard InChI is InChI=1S/C23H42/c1-6-11-12-14-21(10-5)22-17-20(13-7-2)18-23(19-22,15-8-3)16-9-4/h11-12,14,20,22H,6-10,13,15-19H2,1-5H3/b12-11-,21-14+. The van der Waals surface area contributed by atoms with Crippen molar-refractivity contribution >= 4 is 0 Å². The molecule has 0 aromatic rings. The lowest BCUT2D eigenvalue weighted by Gasteiger charge is -2.46. The first-order valence-electron chi connectivity index (χ1n) is 10.5. The molecule has 1 saturated carbocycles. The molecule has 0 aromatic carbocycles. The molecular formula is C23H42. The van der Waals surface area contributed by atoms with Crippen LogP contribution in [0, 0.1) is 17.3 Å². The fourth-order valence-electron chi connectivity index (χ4n) is 5.16. The first kappa shape index (κ1) is 20.5. The highest BCUT2D eigenvalue weighted by molar-refractivity contribution is 5.17. The van der Waals surface area contributed by atoms with Crippen LogP contribution >= 0.6 is 0 Å². The molecule has 1 aliphatic rings. The van der Waals surface area contributed by atoms with Crippen LogP contribution in [0.1, 0.15) is 105 Å². The van der Waals surface area contributed by atoms with Gasteiger partial charge in [-0.05, 0) is 62.2 Å². The molecule has 0 radical (unpaired) electrons. The van der Waals surface area contributed by atoms with Crippen molar-refractivity contribution in [2.24, 2.45) is 17.3 Å². The van der Waals surface area contributed by atoms with E-state index >= 15 is 0 Å². The summed E-state index contributed by atoms with van der Waals surface area (Å²) in [7, 11) is 0. The van der Waals surface area contributed by atoms with Gasteiger partial charge in [0, 0.05) is 0 Å². The Hall–Kier alpha value is -0.520. The van der Waals surface area contributed by atoms with Gasteiger partial charge in [-0.25, -0.2) is 0 Å². The van der Waals surface area contributed by atoms with Crippen LogP contribution < -0.4 is 0 Å². The van der Waals surface area contributed by atoms with Crippen molar-refractivity contribution in [2.75, 3.05) is 0 Å². The molecule has 2 unspecified atom stereocenters. The van der Waals surface area contributed by atoms with Gasteiger partial charge in [0.05, 0.1) is 0 Å². The summed E-state index contributed by atoms with van der Waals surface area (Å²) < 4.78 is 0. The van der Waals surface area contributed by atoms with E-state index in [2.05, 4.69) is 52.8 Å². The molecule has 0 saturated heterocycles. The molecule has 23 heavy (non-hydrogen) atoms. The minimum atomic E-state index is 0.634. The molecule has 0 amide bonds. The summed E-state index contributed by atoms with van der Waals surface area (Å²) in [6, 6.07) is 0. The zero-order chi connectivity index (χ0) is 17.1. The van der Waals surface area contributed by atoms with Crippen LogP contribution in [-0.2, 0) is 0 Å². The average Bonchev–Trinajstić information content (AvgIpc) is 2.52. The second-order valence-electron chi connectivity index (χ2n) is 7.93. The smallest absolute Gasteiger partial charge is 0.0192 e. The Labute approximate surface area is 146 Å². The Bertz CT molecular complexity index is 354. The van der Waals surface area contributed by atoms with E-state index in [0.29, 0.717) is 5.41 Å². The third-order valence-corrected chi connectivity index (χ3v) is 5.89. The van der Waals surface area contributed by atoms with E-state index in [0.717, 1.165) is 18.3 Å². The topological polar surface area (TPSA) is 0 Å². The van der Waals surface area contributed by atoms with Gasteiger partial charge in [-0.1, -0.05) is 84.1 Å². The Morgan fingerprint density at radius 3 is 2.17 bits per heavy atom. The molecule has 1 aliphatic carbocycles. The largest absolute Gasteiger partial charge is 0.0848 e. The van der Waals surface area contributed by atoms with E-state index in [1.165, 1.54) is 64.2 Å². The van der Waals surface area contributed by atoms with E-state index in [1.807, 2.05) is 0 Å².